The number of ether oxygens (including phenoxy) is 1. The van der Waals surface area contributed by atoms with Crippen LogP contribution >= 0.6 is 11.3 Å². The summed E-state index contributed by atoms with van der Waals surface area (Å²) in [5.41, 5.74) is 5.83. The molecule has 0 radical (unpaired) electrons. The summed E-state index contributed by atoms with van der Waals surface area (Å²) in [6.07, 6.45) is 0.0674. The number of fused-ring (bicyclic) bond motifs is 1. The number of likely N-dealkylation sites (N-methyl/N-ethyl adjacent to an activating group) is 2. The lowest BCUT2D eigenvalue weighted by Crippen LogP contribution is -2.32. The molecule has 236 valence electrons. The van der Waals surface area contributed by atoms with Gasteiger partial charge in [-0.25, -0.2) is 5.43 Å². The molecule has 0 spiro atoms. The third-order valence-corrected chi connectivity index (χ3v) is 8.66. The first-order chi connectivity index (χ1) is 21.1. The molecule has 0 fully saturated rings. The summed E-state index contributed by atoms with van der Waals surface area (Å²) in [5.74, 6) is -1.11. The van der Waals surface area contributed by atoms with E-state index in [0.29, 0.717) is 28.2 Å². The number of alkyl halides is 3. The maximum atomic E-state index is 13.4. The van der Waals surface area contributed by atoms with Gasteiger partial charge in [0.1, 0.15) is 10.8 Å². The van der Waals surface area contributed by atoms with E-state index in [4.69, 9.17) is 0 Å². The zero-order valence-electron chi connectivity index (χ0n) is 25.2. The van der Waals surface area contributed by atoms with Crippen LogP contribution in [0.25, 0.3) is 0 Å². The second-order valence-electron chi connectivity index (χ2n) is 10.7. The molecule has 2 amide bonds. The fraction of sp³-hybridized carbons (Fsp3) is 0.406. The van der Waals surface area contributed by atoms with Gasteiger partial charge in [-0.3, -0.25) is 9.59 Å². The van der Waals surface area contributed by atoms with E-state index in [2.05, 4.69) is 51.3 Å². The standard InChI is InChI=1S/C32H38F3N5O3S/c1-4-40(5-2)18-17-39(3)21-23-9-8-10-24(19-23)29(41)37-31-28(26-11-6-7-12-27(26)44-31)30(42)38-36-20-22-13-15-25(16-14-22)43-32(33,34)35/h8-10,13-16,19-20H,4-7,11-12,17-18,21H2,1-3H3,(H,37,41)(H,38,42)/b36-20+. The first-order valence-corrected chi connectivity index (χ1v) is 15.5. The summed E-state index contributed by atoms with van der Waals surface area (Å²) in [5, 5.41) is 7.45. The number of carbonyl (C=O) groups is 2. The topological polar surface area (TPSA) is 86.3 Å². The monoisotopic (exact) mass is 629 g/mol. The highest BCUT2D eigenvalue weighted by Gasteiger charge is 2.31. The van der Waals surface area contributed by atoms with Crippen LogP contribution in [0, 0.1) is 0 Å². The van der Waals surface area contributed by atoms with Gasteiger partial charge in [-0.1, -0.05) is 26.0 Å². The van der Waals surface area contributed by atoms with Crippen molar-refractivity contribution in [3.63, 3.8) is 0 Å². The number of benzene rings is 2. The zero-order chi connectivity index (χ0) is 31.7. The molecule has 0 aliphatic heterocycles. The Hall–Kier alpha value is -3.74. The van der Waals surface area contributed by atoms with Crippen LogP contribution in [0.15, 0.2) is 53.6 Å². The number of hydrazone groups is 1. The van der Waals surface area contributed by atoms with Gasteiger partial charge in [-0.2, -0.15) is 5.10 Å². The number of hydrogen-bond donors (Lipinski definition) is 2. The van der Waals surface area contributed by atoms with Gasteiger partial charge in [-0.15, -0.1) is 24.5 Å². The highest BCUT2D eigenvalue weighted by atomic mass is 32.1. The Kier molecular flexibility index (Phi) is 11.5. The van der Waals surface area contributed by atoms with E-state index in [1.165, 1.54) is 41.8 Å². The first-order valence-electron chi connectivity index (χ1n) is 14.7. The Morgan fingerprint density at radius 3 is 2.45 bits per heavy atom. The number of nitrogens with one attached hydrogen (secondary N) is 2. The number of anilines is 1. The second-order valence-corrected chi connectivity index (χ2v) is 11.8. The Labute approximate surface area is 259 Å². The van der Waals surface area contributed by atoms with Crippen LogP contribution < -0.4 is 15.5 Å². The lowest BCUT2D eigenvalue weighted by atomic mass is 9.95. The fourth-order valence-corrected chi connectivity index (χ4v) is 6.38. The SMILES string of the molecule is CCN(CC)CCN(C)Cc1cccc(C(=O)Nc2sc3c(c2C(=O)N/N=C/c2ccc(OC(F)(F)F)cc2)CCCC3)c1. The average molecular weight is 630 g/mol. The first kappa shape index (κ1) is 33.2. The van der Waals surface area contributed by atoms with Crippen molar-refractivity contribution >= 4 is 34.4 Å². The number of halogens is 3. The lowest BCUT2D eigenvalue weighted by molar-refractivity contribution is -0.274. The van der Waals surface area contributed by atoms with Crippen LogP contribution in [0.1, 0.15) is 69.0 Å². The smallest absolute Gasteiger partial charge is 0.406 e. The van der Waals surface area contributed by atoms with E-state index in [1.54, 1.807) is 6.07 Å². The third kappa shape index (κ3) is 9.38. The van der Waals surface area contributed by atoms with Crippen LogP contribution in [-0.2, 0) is 19.4 Å². The van der Waals surface area contributed by atoms with Gasteiger partial charge in [0.05, 0.1) is 11.8 Å². The molecule has 3 aromatic rings. The van der Waals surface area contributed by atoms with Crippen molar-refractivity contribution in [3.8, 4) is 5.75 Å². The molecule has 0 atom stereocenters. The Balaban J connectivity index is 1.43. The molecule has 0 bridgehead atoms. The lowest BCUT2D eigenvalue weighted by Gasteiger charge is -2.23. The third-order valence-electron chi connectivity index (χ3n) is 7.45. The van der Waals surface area contributed by atoms with E-state index in [-0.39, 0.29) is 11.7 Å². The molecule has 0 unspecified atom stereocenters. The molecule has 8 nitrogen and oxygen atoms in total. The van der Waals surface area contributed by atoms with Crippen LogP contribution in [-0.4, -0.2) is 67.4 Å². The Bertz CT molecular complexity index is 1450. The van der Waals surface area contributed by atoms with Crippen LogP contribution in [0.2, 0.25) is 0 Å². The Morgan fingerprint density at radius 1 is 1.02 bits per heavy atom. The minimum atomic E-state index is -4.78. The van der Waals surface area contributed by atoms with Crippen molar-refractivity contribution in [2.45, 2.75) is 52.4 Å². The molecule has 0 saturated heterocycles. The van der Waals surface area contributed by atoms with Crippen molar-refractivity contribution in [1.82, 2.24) is 15.2 Å². The molecule has 44 heavy (non-hydrogen) atoms. The van der Waals surface area contributed by atoms with Crippen molar-refractivity contribution in [2.75, 3.05) is 38.5 Å². The molecular weight excluding hydrogens is 591 g/mol. The highest BCUT2D eigenvalue weighted by Crippen LogP contribution is 2.38. The van der Waals surface area contributed by atoms with E-state index >= 15 is 0 Å². The number of hydrogen-bond acceptors (Lipinski definition) is 7. The largest absolute Gasteiger partial charge is 0.573 e. The summed E-state index contributed by atoms with van der Waals surface area (Å²) in [6, 6.07) is 12.6. The van der Waals surface area contributed by atoms with Crippen LogP contribution in [0.4, 0.5) is 18.2 Å². The number of nitrogens with zero attached hydrogens (tertiary/aromatic N) is 3. The maximum Gasteiger partial charge on any atom is 0.573 e. The van der Waals surface area contributed by atoms with E-state index in [1.807, 2.05) is 18.2 Å². The van der Waals surface area contributed by atoms with Gasteiger partial charge >= 0.3 is 6.36 Å². The van der Waals surface area contributed by atoms with Gasteiger partial charge in [-0.05, 0) is 98.9 Å². The number of aryl methyl sites for hydroxylation is 1. The van der Waals surface area contributed by atoms with Crippen LogP contribution in [0.5, 0.6) is 5.75 Å². The van der Waals surface area contributed by atoms with Crippen molar-refractivity contribution in [2.24, 2.45) is 5.10 Å². The molecule has 1 aliphatic carbocycles. The maximum absolute atomic E-state index is 13.4. The number of amides is 2. The molecule has 0 saturated carbocycles. The summed E-state index contributed by atoms with van der Waals surface area (Å²) in [4.78, 5) is 32.4. The molecule has 1 aliphatic rings. The van der Waals surface area contributed by atoms with Crippen molar-refractivity contribution < 1.29 is 27.5 Å². The number of thiophene rings is 1. The summed E-state index contributed by atoms with van der Waals surface area (Å²) >= 11 is 1.41. The molecule has 1 aromatic heterocycles. The van der Waals surface area contributed by atoms with E-state index in [9.17, 15) is 22.8 Å². The van der Waals surface area contributed by atoms with Gasteiger partial charge in [0.15, 0.2) is 0 Å². The van der Waals surface area contributed by atoms with Crippen molar-refractivity contribution in [1.29, 1.82) is 0 Å². The minimum Gasteiger partial charge on any atom is -0.406 e. The van der Waals surface area contributed by atoms with Crippen LogP contribution in [0.3, 0.4) is 0 Å². The predicted molar refractivity (Wildman–Crippen MR) is 168 cm³/mol. The average Bonchev–Trinajstić information content (AvgIpc) is 3.35. The molecule has 2 aromatic carbocycles. The van der Waals surface area contributed by atoms with Gasteiger partial charge in [0, 0.05) is 30.1 Å². The number of carbonyl (C=O) groups excluding carboxylic acids is 2. The zero-order valence-corrected chi connectivity index (χ0v) is 26.0. The van der Waals surface area contributed by atoms with Gasteiger partial charge in [0.2, 0.25) is 0 Å². The van der Waals surface area contributed by atoms with E-state index in [0.717, 1.165) is 67.9 Å². The van der Waals surface area contributed by atoms with E-state index < -0.39 is 12.3 Å². The highest BCUT2D eigenvalue weighted by molar-refractivity contribution is 7.17. The molecule has 4 rings (SSSR count). The number of rotatable bonds is 13. The Morgan fingerprint density at radius 2 is 1.75 bits per heavy atom. The molecule has 1 heterocycles. The normalized spacial score (nSPS) is 13.4. The predicted octanol–water partition coefficient (Wildman–Crippen LogP) is 6.32. The van der Waals surface area contributed by atoms with Gasteiger partial charge in [0.25, 0.3) is 11.8 Å². The van der Waals surface area contributed by atoms with Crippen molar-refractivity contribution in [3.05, 3.63) is 81.2 Å². The minimum absolute atomic E-state index is 0.296. The summed E-state index contributed by atoms with van der Waals surface area (Å²) in [7, 11) is 2.07. The fourth-order valence-electron chi connectivity index (χ4n) is 5.10. The molecule has 2 N–H and O–H groups in total. The summed E-state index contributed by atoms with van der Waals surface area (Å²) < 4.78 is 41.1. The molecular formula is C32H38F3N5O3S. The quantitative estimate of drug-likeness (QED) is 0.171. The van der Waals surface area contributed by atoms with Gasteiger partial charge < -0.3 is 19.9 Å². The summed E-state index contributed by atoms with van der Waals surface area (Å²) in [6.45, 7) is 8.93. The molecule has 12 heteroatoms. The second kappa shape index (κ2) is 15.3.